The first-order chi connectivity index (χ1) is 15.0. The smallest absolute Gasteiger partial charge is 0.269 e. The van der Waals surface area contributed by atoms with Crippen LogP contribution in [0.25, 0.3) is 11.3 Å². The van der Waals surface area contributed by atoms with Crippen molar-refractivity contribution >= 4 is 39.7 Å². The summed E-state index contributed by atoms with van der Waals surface area (Å²) in [4.78, 5) is 40.8. The number of non-ortho nitro benzene ring substituents is 1. The van der Waals surface area contributed by atoms with Gasteiger partial charge in [-0.15, -0.1) is 17.9 Å². The molecular weight excluding hydrogens is 420 g/mol. The number of nitrogens with one attached hydrogen (secondary N) is 1. The molecule has 2 amide bonds. The van der Waals surface area contributed by atoms with Crippen molar-refractivity contribution < 1.29 is 19.2 Å². The van der Waals surface area contributed by atoms with E-state index in [1.165, 1.54) is 35.6 Å². The van der Waals surface area contributed by atoms with Gasteiger partial charge in [0.2, 0.25) is 0 Å². The first-order valence-electron chi connectivity index (χ1n) is 9.16. The SMILES string of the molecule is C=CCN1C(=O)COc2ccc(-c3csc(NC(=O)c4ccc([N+](=O)[O-])cc4)n3)cc21. The van der Waals surface area contributed by atoms with Crippen LogP contribution in [0.4, 0.5) is 16.5 Å². The fraction of sp³-hybridized carbons (Fsp3) is 0.0952. The number of hydrogen-bond acceptors (Lipinski definition) is 7. The maximum absolute atomic E-state index is 12.4. The minimum absolute atomic E-state index is 0.0181. The van der Waals surface area contributed by atoms with Crippen molar-refractivity contribution in [1.29, 1.82) is 0 Å². The molecule has 0 atom stereocenters. The number of nitro groups is 1. The van der Waals surface area contributed by atoms with E-state index in [0.29, 0.717) is 28.8 Å². The van der Waals surface area contributed by atoms with Crippen LogP contribution in [0.3, 0.4) is 0 Å². The lowest BCUT2D eigenvalue weighted by atomic mass is 10.1. The van der Waals surface area contributed by atoms with Crippen LogP contribution in [0.1, 0.15) is 10.4 Å². The predicted octanol–water partition coefficient (Wildman–Crippen LogP) is 3.88. The second-order valence-electron chi connectivity index (χ2n) is 6.56. The lowest BCUT2D eigenvalue weighted by Gasteiger charge is -2.28. The number of ether oxygens (including phenoxy) is 1. The number of anilines is 2. The fourth-order valence-electron chi connectivity index (χ4n) is 3.06. The second-order valence-corrected chi connectivity index (χ2v) is 7.42. The molecule has 2 aromatic carbocycles. The summed E-state index contributed by atoms with van der Waals surface area (Å²) in [6.45, 7) is 4.04. The van der Waals surface area contributed by atoms with Gasteiger partial charge >= 0.3 is 0 Å². The van der Waals surface area contributed by atoms with E-state index in [1.54, 1.807) is 22.4 Å². The van der Waals surface area contributed by atoms with E-state index in [2.05, 4.69) is 16.9 Å². The highest BCUT2D eigenvalue weighted by atomic mass is 32.1. The van der Waals surface area contributed by atoms with Gasteiger partial charge in [-0.05, 0) is 30.3 Å². The Bertz CT molecular complexity index is 1190. The van der Waals surface area contributed by atoms with Crippen LogP contribution >= 0.6 is 11.3 Å². The summed E-state index contributed by atoms with van der Waals surface area (Å²) < 4.78 is 5.49. The summed E-state index contributed by atoms with van der Waals surface area (Å²) in [5.41, 5.74) is 2.22. The Morgan fingerprint density at radius 3 is 2.81 bits per heavy atom. The molecule has 9 nitrogen and oxygen atoms in total. The molecule has 0 saturated carbocycles. The van der Waals surface area contributed by atoms with Gasteiger partial charge in [-0.3, -0.25) is 25.0 Å². The summed E-state index contributed by atoms with van der Waals surface area (Å²) in [7, 11) is 0. The third kappa shape index (κ3) is 4.14. The molecule has 1 aliphatic rings. The Kier molecular flexibility index (Phi) is 5.46. The minimum Gasteiger partial charge on any atom is -0.482 e. The van der Waals surface area contributed by atoms with Crippen LogP contribution < -0.4 is 15.0 Å². The molecule has 1 N–H and O–H groups in total. The van der Waals surface area contributed by atoms with E-state index < -0.39 is 10.8 Å². The average Bonchev–Trinajstić information content (AvgIpc) is 3.24. The van der Waals surface area contributed by atoms with Crippen LogP contribution in [0.5, 0.6) is 5.75 Å². The van der Waals surface area contributed by atoms with Crippen molar-refractivity contribution in [2.24, 2.45) is 0 Å². The molecular formula is C21H16N4O5S. The number of hydrogen-bond donors (Lipinski definition) is 1. The van der Waals surface area contributed by atoms with Gasteiger partial charge in [-0.2, -0.15) is 0 Å². The van der Waals surface area contributed by atoms with Gasteiger partial charge in [0.25, 0.3) is 17.5 Å². The predicted molar refractivity (Wildman–Crippen MR) is 117 cm³/mol. The molecule has 0 unspecified atom stereocenters. The molecule has 0 fully saturated rings. The number of fused-ring (bicyclic) bond motifs is 1. The number of carbonyl (C=O) groups excluding carboxylic acids is 2. The van der Waals surface area contributed by atoms with E-state index in [-0.39, 0.29) is 23.8 Å². The molecule has 0 spiro atoms. The molecule has 2 heterocycles. The number of rotatable bonds is 6. The van der Waals surface area contributed by atoms with Crippen molar-refractivity contribution in [1.82, 2.24) is 4.98 Å². The third-order valence-electron chi connectivity index (χ3n) is 4.57. The quantitative estimate of drug-likeness (QED) is 0.356. The molecule has 0 saturated heterocycles. The maximum atomic E-state index is 12.4. The zero-order valence-electron chi connectivity index (χ0n) is 16.1. The van der Waals surface area contributed by atoms with Gasteiger partial charge < -0.3 is 9.64 Å². The Morgan fingerprint density at radius 2 is 2.10 bits per heavy atom. The summed E-state index contributed by atoms with van der Waals surface area (Å²) in [6, 6.07) is 10.7. The number of nitrogens with zero attached hydrogens (tertiary/aromatic N) is 3. The second kappa shape index (κ2) is 8.36. The largest absolute Gasteiger partial charge is 0.482 e. The third-order valence-corrected chi connectivity index (χ3v) is 5.33. The highest BCUT2D eigenvalue weighted by molar-refractivity contribution is 7.14. The summed E-state index contributed by atoms with van der Waals surface area (Å²) >= 11 is 1.25. The first kappa shape index (κ1) is 20.2. The molecule has 4 rings (SSSR count). The lowest BCUT2D eigenvalue weighted by Crippen LogP contribution is -2.38. The highest BCUT2D eigenvalue weighted by Crippen LogP contribution is 2.36. The molecule has 1 aliphatic heterocycles. The number of thiazole rings is 1. The van der Waals surface area contributed by atoms with Gasteiger partial charge in [-0.25, -0.2) is 4.98 Å². The molecule has 0 bridgehead atoms. The van der Waals surface area contributed by atoms with Gasteiger partial charge in [0, 0.05) is 35.2 Å². The zero-order chi connectivity index (χ0) is 22.0. The standard InChI is InChI=1S/C21H16N4O5S/c1-2-9-24-17-10-14(5-8-18(17)30-11-19(24)26)16-12-31-21(22-16)23-20(27)13-3-6-15(7-4-13)25(28)29/h2-8,10,12H,1,9,11H2,(H,22,23,27). The number of benzene rings is 2. The van der Waals surface area contributed by atoms with Crippen molar-refractivity contribution in [3.63, 3.8) is 0 Å². The van der Waals surface area contributed by atoms with Crippen LogP contribution in [0, 0.1) is 10.1 Å². The van der Waals surface area contributed by atoms with Crippen LogP contribution in [-0.4, -0.2) is 34.9 Å². The van der Waals surface area contributed by atoms with Crippen molar-refractivity contribution in [2.45, 2.75) is 0 Å². The zero-order valence-corrected chi connectivity index (χ0v) is 16.9. The molecule has 0 aliphatic carbocycles. The van der Waals surface area contributed by atoms with E-state index in [1.807, 2.05) is 12.1 Å². The lowest BCUT2D eigenvalue weighted by molar-refractivity contribution is -0.384. The molecule has 156 valence electrons. The topological polar surface area (TPSA) is 115 Å². The Hall–Kier alpha value is -4.05. The van der Waals surface area contributed by atoms with Crippen molar-refractivity contribution in [3.05, 3.63) is 76.2 Å². The fourth-order valence-corrected chi connectivity index (χ4v) is 3.77. The Morgan fingerprint density at radius 1 is 1.32 bits per heavy atom. The molecule has 10 heteroatoms. The van der Waals surface area contributed by atoms with E-state index in [9.17, 15) is 19.7 Å². The van der Waals surface area contributed by atoms with E-state index in [0.717, 1.165) is 5.56 Å². The maximum Gasteiger partial charge on any atom is 0.269 e. The van der Waals surface area contributed by atoms with Crippen LogP contribution in [-0.2, 0) is 4.79 Å². The van der Waals surface area contributed by atoms with Crippen molar-refractivity contribution in [2.75, 3.05) is 23.4 Å². The van der Waals surface area contributed by atoms with E-state index >= 15 is 0 Å². The van der Waals surface area contributed by atoms with Crippen LogP contribution in [0.2, 0.25) is 0 Å². The van der Waals surface area contributed by atoms with Gasteiger partial charge in [-0.1, -0.05) is 6.08 Å². The molecule has 0 radical (unpaired) electrons. The van der Waals surface area contributed by atoms with Crippen molar-refractivity contribution in [3.8, 4) is 17.0 Å². The van der Waals surface area contributed by atoms with E-state index in [4.69, 9.17) is 4.74 Å². The molecule has 3 aromatic rings. The normalized spacial score (nSPS) is 12.6. The average molecular weight is 436 g/mol. The highest BCUT2D eigenvalue weighted by Gasteiger charge is 2.25. The van der Waals surface area contributed by atoms with Gasteiger partial charge in [0.1, 0.15) is 5.75 Å². The monoisotopic (exact) mass is 436 g/mol. The molecule has 1 aromatic heterocycles. The minimum atomic E-state index is -0.526. The summed E-state index contributed by atoms with van der Waals surface area (Å²) in [6.07, 6.45) is 1.65. The van der Waals surface area contributed by atoms with Gasteiger partial charge in [0.05, 0.1) is 16.3 Å². The summed E-state index contributed by atoms with van der Waals surface area (Å²) in [5.74, 6) is 0.0309. The summed E-state index contributed by atoms with van der Waals surface area (Å²) in [5, 5.41) is 15.6. The number of amides is 2. The van der Waals surface area contributed by atoms with Gasteiger partial charge in [0.15, 0.2) is 11.7 Å². The molecule has 31 heavy (non-hydrogen) atoms. The first-order valence-corrected chi connectivity index (χ1v) is 10.0. The number of nitro benzene ring substituents is 1. The Balaban J connectivity index is 1.54. The number of carbonyl (C=O) groups is 2. The van der Waals surface area contributed by atoms with Crippen LogP contribution in [0.15, 0.2) is 60.5 Å². The number of aromatic nitrogens is 1. The Labute approximate surface area is 180 Å².